The smallest absolute Gasteiger partial charge is 0.377 e. The highest BCUT2D eigenvalue weighted by Gasteiger charge is 2.59. The summed E-state index contributed by atoms with van der Waals surface area (Å²) in [5.41, 5.74) is -2.47. The number of hydrogen-bond acceptors (Lipinski definition) is 12. The highest BCUT2D eigenvalue weighted by molar-refractivity contribution is 5.87. The molecule has 8 bridgehead atoms. The van der Waals surface area contributed by atoms with Crippen molar-refractivity contribution in [1.29, 1.82) is 0 Å². The van der Waals surface area contributed by atoms with E-state index in [0.29, 0.717) is 51.4 Å². The average molecular weight is 655 g/mol. The number of carbonyl (C=O) groups excluding carboxylic acids is 6. The molecule has 8 rings (SSSR count). The number of hydrogen-bond donors (Lipinski definition) is 1. The molecule has 5 unspecified atom stereocenters. The Morgan fingerprint density at radius 1 is 0.804 bits per heavy atom. The van der Waals surface area contributed by atoms with Crippen molar-refractivity contribution in [2.24, 2.45) is 29.6 Å². The summed E-state index contributed by atoms with van der Waals surface area (Å²) in [4.78, 5) is 74.6. The number of esters is 5. The molecular weight excluding hydrogens is 614 g/mol. The van der Waals surface area contributed by atoms with E-state index in [1.807, 2.05) is 0 Å². The van der Waals surface area contributed by atoms with Crippen molar-refractivity contribution in [3.63, 3.8) is 0 Å². The third kappa shape index (κ3) is 6.91. The summed E-state index contributed by atoms with van der Waals surface area (Å²) in [6.07, 6.45) is 3.71. The Bertz CT molecular complexity index is 1270. The lowest BCUT2D eigenvalue weighted by molar-refractivity contribution is -0.222. The van der Waals surface area contributed by atoms with Crippen LogP contribution < -0.4 is 0 Å². The maximum absolute atomic E-state index is 13.6. The van der Waals surface area contributed by atoms with Crippen LogP contribution in [0.15, 0.2) is 0 Å². The van der Waals surface area contributed by atoms with Crippen LogP contribution in [0.25, 0.3) is 0 Å². The Labute approximate surface area is 264 Å². The van der Waals surface area contributed by atoms with Crippen LogP contribution in [-0.2, 0) is 52.5 Å². The number of alkyl halides is 2. The molecule has 0 aliphatic heterocycles. The summed E-state index contributed by atoms with van der Waals surface area (Å²) in [7, 11) is 0. The molecule has 0 aromatic heterocycles. The SMILES string of the molecule is CC(F)(F)C(=O)OC(CCC(=O)OCC(=O)OC12CC3CC(CC(O)(C3)C1)C2)C(=O)OCC(=O)OC12CC3CC(C1)C(=O)C(C3)C2. The van der Waals surface area contributed by atoms with Gasteiger partial charge >= 0.3 is 35.8 Å². The lowest BCUT2D eigenvalue weighted by Crippen LogP contribution is -2.60. The number of rotatable bonds is 12. The number of Topliss-reactive ketones (excluding diaryl/α,β-unsaturated/α-hetero) is 1. The number of aliphatic hydroxyl groups is 1. The number of ether oxygens (including phenoxy) is 5. The van der Waals surface area contributed by atoms with E-state index in [9.17, 15) is 42.7 Å². The predicted molar refractivity (Wildman–Crippen MR) is 147 cm³/mol. The molecule has 0 radical (unpaired) electrons. The van der Waals surface area contributed by atoms with Crippen molar-refractivity contribution in [3.8, 4) is 0 Å². The lowest BCUT2D eigenvalue weighted by atomic mass is 9.52. The Kier molecular flexibility index (Phi) is 8.42. The van der Waals surface area contributed by atoms with Gasteiger partial charge in [-0.1, -0.05) is 0 Å². The van der Waals surface area contributed by atoms with Crippen molar-refractivity contribution in [3.05, 3.63) is 0 Å². The molecule has 0 heterocycles. The van der Waals surface area contributed by atoms with E-state index in [-0.39, 0.29) is 42.3 Å². The maximum Gasteiger partial charge on any atom is 0.377 e. The van der Waals surface area contributed by atoms with Crippen molar-refractivity contribution < 1.29 is 66.3 Å². The second-order valence-electron chi connectivity index (χ2n) is 14.8. The molecular formula is C32H40F2O12. The molecule has 12 nitrogen and oxygen atoms in total. The van der Waals surface area contributed by atoms with Crippen LogP contribution in [0.4, 0.5) is 8.78 Å². The molecule has 8 fully saturated rings. The molecule has 5 atom stereocenters. The molecule has 1 N–H and O–H groups in total. The zero-order valence-electron chi connectivity index (χ0n) is 25.8. The van der Waals surface area contributed by atoms with E-state index < -0.39 is 84.7 Å². The Morgan fingerprint density at radius 3 is 1.96 bits per heavy atom. The largest absolute Gasteiger partial charge is 0.456 e. The van der Waals surface area contributed by atoms with E-state index in [1.54, 1.807) is 0 Å². The molecule has 8 aliphatic carbocycles. The first-order valence-electron chi connectivity index (χ1n) is 16.1. The molecule has 14 heteroatoms. The van der Waals surface area contributed by atoms with Crippen LogP contribution in [0.2, 0.25) is 0 Å². The topological polar surface area (TPSA) is 169 Å². The molecule has 8 saturated carbocycles. The fourth-order valence-electron chi connectivity index (χ4n) is 9.73. The van der Waals surface area contributed by atoms with Gasteiger partial charge in [0.1, 0.15) is 17.0 Å². The lowest BCUT2D eigenvalue weighted by Gasteiger charge is -2.59. The molecule has 8 aliphatic rings. The third-order valence-electron chi connectivity index (χ3n) is 10.7. The van der Waals surface area contributed by atoms with Crippen molar-refractivity contribution in [1.82, 2.24) is 0 Å². The van der Waals surface area contributed by atoms with Crippen molar-refractivity contribution >= 4 is 35.6 Å². The van der Waals surface area contributed by atoms with Crippen LogP contribution in [-0.4, -0.2) is 82.8 Å². The van der Waals surface area contributed by atoms with Gasteiger partial charge in [0.15, 0.2) is 19.3 Å². The predicted octanol–water partition coefficient (Wildman–Crippen LogP) is 2.74. The normalized spacial score (nSPS) is 37.4. The van der Waals surface area contributed by atoms with E-state index in [1.165, 1.54) is 0 Å². The summed E-state index contributed by atoms with van der Waals surface area (Å²) < 4.78 is 53.0. The molecule has 254 valence electrons. The van der Waals surface area contributed by atoms with E-state index in [4.69, 9.17) is 18.9 Å². The van der Waals surface area contributed by atoms with Crippen LogP contribution in [0, 0.1) is 29.6 Å². The molecule has 0 spiro atoms. The maximum atomic E-state index is 13.6. The van der Waals surface area contributed by atoms with Crippen molar-refractivity contribution in [2.45, 2.75) is 119 Å². The Hall–Kier alpha value is -3.16. The fraction of sp³-hybridized carbons (Fsp3) is 0.812. The molecule has 0 saturated heterocycles. The standard InChI is InChI=1S/C32H40F2O12/c1-29(33,34)28(40)44-22(27(39)43-15-25(37)45-31-9-17-5-20(12-31)26(38)21(6-17)13-31)2-3-23(35)42-14-24(36)46-32-10-18-4-19(11-32)8-30(41,7-18)16-32/h17-22,41H,2-16H2,1H3. The monoisotopic (exact) mass is 654 g/mol. The van der Waals surface area contributed by atoms with Gasteiger partial charge in [0.05, 0.1) is 5.60 Å². The van der Waals surface area contributed by atoms with Gasteiger partial charge in [0, 0.05) is 38.0 Å². The van der Waals surface area contributed by atoms with Gasteiger partial charge in [0.25, 0.3) is 0 Å². The fourth-order valence-corrected chi connectivity index (χ4v) is 9.73. The third-order valence-corrected chi connectivity index (χ3v) is 10.7. The van der Waals surface area contributed by atoms with E-state index in [0.717, 1.165) is 19.3 Å². The highest BCUT2D eigenvalue weighted by atomic mass is 19.3. The summed E-state index contributed by atoms with van der Waals surface area (Å²) in [6, 6.07) is 0. The molecule has 46 heavy (non-hydrogen) atoms. The average Bonchev–Trinajstić information content (AvgIpc) is 2.92. The Morgan fingerprint density at radius 2 is 1.37 bits per heavy atom. The van der Waals surface area contributed by atoms with Gasteiger partial charge in [-0.05, 0) is 82.0 Å². The quantitative estimate of drug-likeness (QED) is 0.242. The van der Waals surface area contributed by atoms with Crippen LogP contribution >= 0.6 is 0 Å². The van der Waals surface area contributed by atoms with Gasteiger partial charge < -0.3 is 28.8 Å². The first-order chi connectivity index (χ1) is 21.5. The minimum atomic E-state index is -3.96. The highest BCUT2D eigenvalue weighted by Crippen LogP contribution is 2.59. The summed E-state index contributed by atoms with van der Waals surface area (Å²) >= 11 is 0. The van der Waals surface area contributed by atoms with Gasteiger partial charge in [0.2, 0.25) is 0 Å². The number of halogens is 2. The zero-order chi connectivity index (χ0) is 33.1. The molecule has 0 aromatic rings. The summed E-state index contributed by atoms with van der Waals surface area (Å²) in [5.74, 6) is -9.34. The summed E-state index contributed by atoms with van der Waals surface area (Å²) in [6.45, 7) is -1.36. The first kappa shape index (κ1) is 32.8. The second kappa shape index (κ2) is 11.8. The van der Waals surface area contributed by atoms with Crippen LogP contribution in [0.5, 0.6) is 0 Å². The minimum Gasteiger partial charge on any atom is -0.456 e. The number of ketones is 1. The van der Waals surface area contributed by atoms with E-state index >= 15 is 0 Å². The van der Waals surface area contributed by atoms with Gasteiger partial charge in [-0.15, -0.1) is 0 Å². The second-order valence-corrected chi connectivity index (χ2v) is 14.8. The number of carbonyl (C=O) groups is 6. The summed E-state index contributed by atoms with van der Waals surface area (Å²) in [5, 5.41) is 10.8. The first-order valence-corrected chi connectivity index (χ1v) is 16.1. The van der Waals surface area contributed by atoms with Crippen LogP contribution in [0.1, 0.15) is 90.4 Å². The van der Waals surface area contributed by atoms with Gasteiger partial charge in [-0.25, -0.2) is 19.2 Å². The molecule has 0 aromatic carbocycles. The van der Waals surface area contributed by atoms with Gasteiger partial charge in [-0.3, -0.25) is 9.59 Å². The van der Waals surface area contributed by atoms with Crippen molar-refractivity contribution in [2.75, 3.05) is 13.2 Å². The van der Waals surface area contributed by atoms with E-state index in [2.05, 4.69) is 4.74 Å². The molecule has 0 amide bonds. The van der Waals surface area contributed by atoms with Gasteiger partial charge in [-0.2, -0.15) is 8.78 Å². The van der Waals surface area contributed by atoms with Crippen LogP contribution in [0.3, 0.4) is 0 Å². The zero-order valence-corrected chi connectivity index (χ0v) is 25.8. The minimum absolute atomic E-state index is 0.160. The Balaban J connectivity index is 0.975.